The van der Waals surface area contributed by atoms with Crippen molar-refractivity contribution in [3.05, 3.63) is 64.5 Å². The number of hydrogen-bond donors (Lipinski definition) is 2. The van der Waals surface area contributed by atoms with Crippen LogP contribution in [0.5, 0.6) is 11.5 Å². The molecule has 0 atom stereocenters. The summed E-state index contributed by atoms with van der Waals surface area (Å²) in [5, 5.41) is 23.9. The van der Waals surface area contributed by atoms with E-state index in [1.807, 2.05) is 37.3 Å². The topological polar surface area (TPSA) is 101 Å². The summed E-state index contributed by atoms with van der Waals surface area (Å²) >= 11 is 0. The summed E-state index contributed by atoms with van der Waals surface area (Å²) in [6.07, 6.45) is 1.24. The van der Waals surface area contributed by atoms with Crippen molar-refractivity contribution in [1.82, 2.24) is 20.6 Å². The number of aryl methyl sites for hydroxylation is 1. The van der Waals surface area contributed by atoms with E-state index in [0.29, 0.717) is 30.8 Å². The van der Waals surface area contributed by atoms with Crippen molar-refractivity contribution in [2.45, 2.75) is 33.3 Å². The number of nitrogens with zero attached hydrogens (tertiary/aromatic N) is 3. The van der Waals surface area contributed by atoms with Crippen molar-refractivity contribution < 1.29 is 14.6 Å². The van der Waals surface area contributed by atoms with Crippen LogP contribution in [-0.4, -0.2) is 31.5 Å². The number of nitrogens with one attached hydrogen (secondary N) is 1. The molecule has 0 saturated heterocycles. The van der Waals surface area contributed by atoms with Crippen molar-refractivity contribution in [3.8, 4) is 11.5 Å². The van der Waals surface area contributed by atoms with Gasteiger partial charge >= 0.3 is 0 Å². The predicted octanol–water partition coefficient (Wildman–Crippen LogP) is 2.84. The highest BCUT2D eigenvalue weighted by Gasteiger charge is 2.13. The molecule has 0 bridgehead atoms. The van der Waals surface area contributed by atoms with Crippen LogP contribution in [0.4, 0.5) is 0 Å². The van der Waals surface area contributed by atoms with Gasteiger partial charge in [-0.05, 0) is 54.3 Å². The summed E-state index contributed by atoms with van der Waals surface area (Å²) in [5.74, 6) is 1.25. The van der Waals surface area contributed by atoms with E-state index in [-0.39, 0.29) is 11.5 Å². The number of rotatable bonds is 7. The van der Waals surface area contributed by atoms with Gasteiger partial charge in [0.25, 0.3) is 0 Å². The van der Waals surface area contributed by atoms with E-state index < -0.39 is 0 Å². The fraction of sp³-hybridized carbons (Fsp3) is 0.263. The fourth-order valence-electron chi connectivity index (χ4n) is 2.69. The van der Waals surface area contributed by atoms with Crippen molar-refractivity contribution in [2.24, 2.45) is 0 Å². The molecule has 3 aromatic rings. The zero-order chi connectivity index (χ0) is 18.5. The highest BCUT2D eigenvalue weighted by molar-refractivity contribution is 5.97. The number of phenols is 1. The molecule has 0 spiro atoms. The number of ketones is 1. The number of hydrogen-bond acceptors (Lipinski definition) is 6. The van der Waals surface area contributed by atoms with Gasteiger partial charge in [0, 0.05) is 6.42 Å². The van der Waals surface area contributed by atoms with E-state index in [4.69, 9.17) is 4.74 Å². The Kier molecular flexibility index (Phi) is 5.26. The van der Waals surface area contributed by atoms with Gasteiger partial charge in [0.1, 0.15) is 18.1 Å². The second-order valence-corrected chi connectivity index (χ2v) is 6.00. The number of aromatic amines is 1. The maximum absolute atomic E-state index is 11.7. The lowest BCUT2D eigenvalue weighted by Gasteiger charge is -2.12. The molecule has 134 valence electrons. The Hall–Kier alpha value is -3.22. The number of carbonyl (C=O) groups excluding carboxylic acids is 1. The molecular weight excluding hydrogens is 332 g/mol. The minimum atomic E-state index is -0.162. The van der Waals surface area contributed by atoms with Crippen LogP contribution < -0.4 is 4.74 Å². The summed E-state index contributed by atoms with van der Waals surface area (Å²) in [6.45, 7) is 3.70. The first kappa shape index (κ1) is 17.6. The van der Waals surface area contributed by atoms with E-state index in [1.165, 1.54) is 6.92 Å². The Morgan fingerprint density at radius 1 is 1.19 bits per heavy atom. The molecule has 1 heterocycles. The van der Waals surface area contributed by atoms with Gasteiger partial charge in [0.2, 0.25) is 0 Å². The third-order valence-electron chi connectivity index (χ3n) is 4.09. The Morgan fingerprint density at radius 3 is 2.58 bits per heavy atom. The third-order valence-corrected chi connectivity index (χ3v) is 4.09. The lowest BCUT2D eigenvalue weighted by Crippen LogP contribution is -2.02. The van der Waals surface area contributed by atoms with Gasteiger partial charge in [-0.25, -0.2) is 0 Å². The van der Waals surface area contributed by atoms with E-state index in [9.17, 15) is 9.90 Å². The molecule has 7 nitrogen and oxygen atoms in total. The van der Waals surface area contributed by atoms with Gasteiger partial charge in [-0.1, -0.05) is 24.3 Å². The largest absolute Gasteiger partial charge is 0.507 e. The third kappa shape index (κ3) is 4.05. The Balaban J connectivity index is 1.68. The molecule has 0 unspecified atom stereocenters. The first-order valence-corrected chi connectivity index (χ1v) is 8.36. The summed E-state index contributed by atoms with van der Waals surface area (Å²) in [7, 11) is 0. The summed E-state index contributed by atoms with van der Waals surface area (Å²) in [5.41, 5.74) is 2.97. The molecule has 0 aliphatic rings. The Morgan fingerprint density at radius 2 is 1.96 bits per heavy atom. The molecule has 0 aliphatic carbocycles. The highest BCUT2D eigenvalue weighted by atomic mass is 16.5. The molecule has 2 aromatic carbocycles. The Bertz CT molecular complexity index is 890. The number of Topliss-reactive ketones (excluding diaryl/α,β-unsaturated/α-hetero) is 1. The van der Waals surface area contributed by atoms with Crippen LogP contribution >= 0.6 is 0 Å². The minimum Gasteiger partial charge on any atom is -0.507 e. The smallest absolute Gasteiger partial charge is 0.178 e. The molecule has 3 rings (SSSR count). The first-order valence-electron chi connectivity index (χ1n) is 8.36. The van der Waals surface area contributed by atoms with Gasteiger partial charge in [0.15, 0.2) is 11.6 Å². The molecular formula is C19H20N4O3. The molecule has 0 aliphatic heterocycles. The fourth-order valence-corrected chi connectivity index (χ4v) is 2.69. The minimum absolute atomic E-state index is 0.0644. The number of aromatic hydroxyl groups is 1. The molecule has 7 heteroatoms. The summed E-state index contributed by atoms with van der Waals surface area (Å²) in [4.78, 5) is 11.7. The van der Waals surface area contributed by atoms with E-state index in [1.54, 1.807) is 6.07 Å². The lowest BCUT2D eigenvalue weighted by molar-refractivity contribution is 0.101. The van der Waals surface area contributed by atoms with Crippen LogP contribution in [0.1, 0.15) is 46.7 Å². The number of phenolic OH excluding ortho intramolecular Hbond substituents is 1. The van der Waals surface area contributed by atoms with E-state index >= 15 is 0 Å². The monoisotopic (exact) mass is 352 g/mol. The first-order chi connectivity index (χ1) is 12.6. The molecule has 2 N–H and O–H groups in total. The molecule has 26 heavy (non-hydrogen) atoms. The average molecular weight is 352 g/mol. The SMILES string of the molecule is CCc1cc(COc2ccc(Cc3nn[nH]n3)cc2)cc(C(C)=O)c1O. The van der Waals surface area contributed by atoms with Gasteiger partial charge in [-0.15, -0.1) is 10.2 Å². The quantitative estimate of drug-likeness (QED) is 0.634. The maximum atomic E-state index is 11.7. The van der Waals surface area contributed by atoms with Gasteiger partial charge in [-0.2, -0.15) is 5.21 Å². The molecule has 0 fully saturated rings. The van der Waals surface area contributed by atoms with Crippen LogP contribution in [0.25, 0.3) is 0 Å². The predicted molar refractivity (Wildman–Crippen MR) is 95.2 cm³/mol. The second-order valence-electron chi connectivity index (χ2n) is 6.00. The highest BCUT2D eigenvalue weighted by Crippen LogP contribution is 2.26. The second kappa shape index (κ2) is 7.77. The van der Waals surface area contributed by atoms with Crippen LogP contribution in [0.2, 0.25) is 0 Å². The standard InChI is InChI=1S/C19H20N4O3/c1-3-15-8-14(9-17(12(2)24)19(15)25)11-26-16-6-4-13(5-7-16)10-18-20-22-23-21-18/h4-9,25H,3,10-11H2,1-2H3,(H,20,21,22,23). The summed E-state index contributed by atoms with van der Waals surface area (Å²) < 4.78 is 5.81. The van der Waals surface area contributed by atoms with E-state index in [0.717, 1.165) is 22.4 Å². The number of H-pyrrole nitrogens is 1. The van der Waals surface area contributed by atoms with Crippen molar-refractivity contribution in [2.75, 3.05) is 0 Å². The van der Waals surface area contributed by atoms with Crippen LogP contribution in [0.3, 0.4) is 0 Å². The number of tetrazole rings is 1. The number of ether oxygens (including phenoxy) is 1. The average Bonchev–Trinajstić information content (AvgIpc) is 3.14. The molecule has 0 saturated carbocycles. The lowest BCUT2D eigenvalue weighted by atomic mass is 10.0. The zero-order valence-electron chi connectivity index (χ0n) is 14.7. The van der Waals surface area contributed by atoms with Gasteiger partial charge in [-0.3, -0.25) is 4.79 Å². The molecule has 1 aromatic heterocycles. The maximum Gasteiger partial charge on any atom is 0.178 e. The van der Waals surface area contributed by atoms with Crippen molar-refractivity contribution >= 4 is 5.78 Å². The van der Waals surface area contributed by atoms with Crippen molar-refractivity contribution in [1.29, 1.82) is 0 Å². The van der Waals surface area contributed by atoms with Crippen LogP contribution in [-0.2, 0) is 19.4 Å². The zero-order valence-corrected chi connectivity index (χ0v) is 14.7. The molecule has 0 radical (unpaired) electrons. The molecule has 0 amide bonds. The van der Waals surface area contributed by atoms with Crippen LogP contribution in [0, 0.1) is 0 Å². The van der Waals surface area contributed by atoms with Crippen LogP contribution in [0.15, 0.2) is 36.4 Å². The Labute approximate surface area is 151 Å². The normalized spacial score (nSPS) is 10.7. The van der Waals surface area contributed by atoms with Gasteiger partial charge < -0.3 is 9.84 Å². The van der Waals surface area contributed by atoms with E-state index in [2.05, 4.69) is 20.6 Å². The van der Waals surface area contributed by atoms with Gasteiger partial charge in [0.05, 0.1) is 5.56 Å². The summed E-state index contributed by atoms with van der Waals surface area (Å²) in [6, 6.07) is 11.2. The number of benzene rings is 2. The number of carbonyl (C=O) groups is 1. The van der Waals surface area contributed by atoms with Crippen molar-refractivity contribution in [3.63, 3.8) is 0 Å². The number of aromatic nitrogens is 4.